The highest BCUT2D eigenvalue weighted by Crippen LogP contribution is 2.68. The van der Waals surface area contributed by atoms with Crippen LogP contribution in [-0.2, 0) is 0 Å². The van der Waals surface area contributed by atoms with E-state index in [0.29, 0.717) is 16.7 Å². The van der Waals surface area contributed by atoms with Crippen LogP contribution in [0.1, 0.15) is 46.2 Å². The smallest absolute Gasteiger partial charge is 0.119 e. The zero-order chi connectivity index (χ0) is 14.4. The highest BCUT2D eigenvalue weighted by atomic mass is 16.3. The Morgan fingerprint density at radius 1 is 1.05 bits per heavy atom. The maximum Gasteiger partial charge on any atom is 0.119 e. The molecule has 0 bridgehead atoms. The first-order valence-electron chi connectivity index (χ1n) is 6.92. The van der Waals surface area contributed by atoms with Gasteiger partial charge in [0.2, 0.25) is 0 Å². The van der Waals surface area contributed by atoms with Crippen molar-refractivity contribution in [2.45, 2.75) is 40.7 Å². The summed E-state index contributed by atoms with van der Waals surface area (Å²) in [4.78, 5) is 0. The Hall–Kier alpha value is -1.22. The molecule has 1 saturated carbocycles. The molecule has 0 heterocycles. The van der Waals surface area contributed by atoms with E-state index in [9.17, 15) is 10.2 Å². The van der Waals surface area contributed by atoms with Crippen LogP contribution in [0.15, 0.2) is 18.2 Å². The first-order valence-corrected chi connectivity index (χ1v) is 6.92. The molecule has 1 aromatic rings. The van der Waals surface area contributed by atoms with Gasteiger partial charge in [0, 0.05) is 12.1 Å². The second-order valence-electron chi connectivity index (χ2n) is 6.91. The molecule has 0 aliphatic heterocycles. The minimum atomic E-state index is 0.107. The molecule has 0 aromatic heterocycles. The number of benzene rings is 1. The van der Waals surface area contributed by atoms with Crippen molar-refractivity contribution >= 4 is 0 Å². The third kappa shape index (κ3) is 2.44. The van der Waals surface area contributed by atoms with Gasteiger partial charge >= 0.3 is 0 Å². The van der Waals surface area contributed by atoms with Crippen LogP contribution in [0.2, 0.25) is 0 Å². The Balaban J connectivity index is 1.97. The van der Waals surface area contributed by atoms with E-state index < -0.39 is 0 Å². The summed E-state index contributed by atoms with van der Waals surface area (Å²) >= 11 is 0. The number of nitrogens with one attached hydrogen (secondary N) is 1. The van der Waals surface area contributed by atoms with Crippen molar-refractivity contribution in [3.8, 4) is 11.5 Å². The molecule has 3 nitrogen and oxygen atoms in total. The van der Waals surface area contributed by atoms with E-state index in [1.165, 1.54) is 6.07 Å². The SMILES string of the molecule is CC(NCC1C(C)(C)C1(C)C)c1cc(O)cc(O)c1. The van der Waals surface area contributed by atoms with E-state index in [-0.39, 0.29) is 17.5 Å². The number of aromatic hydroxyl groups is 2. The van der Waals surface area contributed by atoms with Crippen LogP contribution in [0, 0.1) is 16.7 Å². The Bertz CT molecular complexity index is 445. The molecule has 106 valence electrons. The fraction of sp³-hybridized carbons (Fsp3) is 0.625. The molecule has 0 saturated heterocycles. The van der Waals surface area contributed by atoms with Crippen molar-refractivity contribution in [2.24, 2.45) is 16.7 Å². The first-order chi connectivity index (χ1) is 8.66. The number of hydrogen-bond donors (Lipinski definition) is 3. The van der Waals surface area contributed by atoms with Crippen LogP contribution in [0.5, 0.6) is 11.5 Å². The molecule has 3 heteroatoms. The summed E-state index contributed by atoms with van der Waals surface area (Å²) in [5.41, 5.74) is 1.66. The summed E-state index contributed by atoms with van der Waals surface area (Å²) in [6.45, 7) is 12.2. The summed E-state index contributed by atoms with van der Waals surface area (Å²) in [6, 6.07) is 4.86. The largest absolute Gasteiger partial charge is 0.508 e. The quantitative estimate of drug-likeness (QED) is 0.780. The van der Waals surface area contributed by atoms with Crippen LogP contribution in [0.4, 0.5) is 0 Å². The van der Waals surface area contributed by atoms with Gasteiger partial charge in [-0.15, -0.1) is 0 Å². The molecule has 19 heavy (non-hydrogen) atoms. The van der Waals surface area contributed by atoms with Gasteiger partial charge in [-0.3, -0.25) is 0 Å². The molecular weight excluding hydrogens is 238 g/mol. The van der Waals surface area contributed by atoms with Gasteiger partial charge in [0.25, 0.3) is 0 Å². The van der Waals surface area contributed by atoms with E-state index in [2.05, 4.69) is 39.9 Å². The van der Waals surface area contributed by atoms with Gasteiger partial charge in [-0.2, -0.15) is 0 Å². The van der Waals surface area contributed by atoms with Crippen molar-refractivity contribution in [1.82, 2.24) is 5.32 Å². The van der Waals surface area contributed by atoms with Crippen LogP contribution < -0.4 is 5.32 Å². The molecule has 0 spiro atoms. The molecule has 0 amide bonds. The van der Waals surface area contributed by atoms with E-state index in [0.717, 1.165) is 12.1 Å². The minimum absolute atomic E-state index is 0.107. The molecule has 1 fully saturated rings. The molecule has 1 unspecified atom stereocenters. The third-order valence-corrected chi connectivity index (χ3v) is 5.37. The van der Waals surface area contributed by atoms with Crippen molar-refractivity contribution in [2.75, 3.05) is 6.54 Å². The van der Waals surface area contributed by atoms with Gasteiger partial charge < -0.3 is 15.5 Å². The number of rotatable bonds is 4. The van der Waals surface area contributed by atoms with Gasteiger partial charge in [-0.1, -0.05) is 27.7 Å². The first kappa shape index (κ1) is 14.2. The standard InChI is InChI=1S/C16H25NO2/c1-10(11-6-12(18)8-13(19)7-11)17-9-14-15(2,3)16(14,4)5/h6-8,10,14,17-19H,9H2,1-5H3. The predicted molar refractivity (Wildman–Crippen MR) is 77.2 cm³/mol. The molecule has 2 rings (SSSR count). The highest BCUT2D eigenvalue weighted by Gasteiger charge is 2.63. The summed E-state index contributed by atoms with van der Waals surface area (Å²) < 4.78 is 0. The van der Waals surface area contributed by atoms with E-state index in [4.69, 9.17) is 0 Å². The number of phenolic OH excluding ortho intramolecular Hbond substituents is 2. The Kier molecular flexibility index (Phi) is 3.29. The fourth-order valence-corrected chi connectivity index (χ4v) is 3.12. The Morgan fingerprint density at radius 3 is 1.95 bits per heavy atom. The van der Waals surface area contributed by atoms with Crippen LogP contribution >= 0.6 is 0 Å². The molecule has 1 aliphatic rings. The molecule has 0 radical (unpaired) electrons. The van der Waals surface area contributed by atoms with Crippen molar-refractivity contribution in [3.63, 3.8) is 0 Å². The van der Waals surface area contributed by atoms with Gasteiger partial charge in [0.05, 0.1) is 0 Å². The van der Waals surface area contributed by atoms with Gasteiger partial charge in [-0.05, 0) is 47.9 Å². The zero-order valence-electron chi connectivity index (χ0n) is 12.5. The molecular formula is C16H25NO2. The van der Waals surface area contributed by atoms with Crippen molar-refractivity contribution < 1.29 is 10.2 Å². The summed E-state index contributed by atoms with van der Waals surface area (Å²) in [7, 11) is 0. The van der Waals surface area contributed by atoms with Gasteiger partial charge in [0.15, 0.2) is 0 Å². The van der Waals surface area contributed by atoms with Crippen molar-refractivity contribution in [1.29, 1.82) is 0 Å². The van der Waals surface area contributed by atoms with Gasteiger partial charge in [0.1, 0.15) is 11.5 Å². The third-order valence-electron chi connectivity index (χ3n) is 5.37. The summed E-state index contributed by atoms with van der Waals surface area (Å²) in [5, 5.41) is 22.5. The second-order valence-corrected chi connectivity index (χ2v) is 6.91. The van der Waals surface area contributed by atoms with Crippen molar-refractivity contribution in [3.05, 3.63) is 23.8 Å². The number of hydrogen-bond acceptors (Lipinski definition) is 3. The average molecular weight is 263 g/mol. The van der Waals surface area contributed by atoms with E-state index >= 15 is 0 Å². The zero-order valence-corrected chi connectivity index (χ0v) is 12.5. The summed E-state index contributed by atoms with van der Waals surface area (Å²) in [5.74, 6) is 0.875. The predicted octanol–water partition coefficient (Wildman–Crippen LogP) is 3.43. The molecule has 1 atom stereocenters. The lowest BCUT2D eigenvalue weighted by Gasteiger charge is -2.15. The Labute approximate surface area is 115 Å². The van der Waals surface area contributed by atoms with Crippen LogP contribution in [-0.4, -0.2) is 16.8 Å². The topological polar surface area (TPSA) is 52.5 Å². The molecule has 1 aromatic carbocycles. The lowest BCUT2D eigenvalue weighted by Crippen LogP contribution is -2.23. The number of phenols is 2. The second kappa shape index (κ2) is 4.41. The monoisotopic (exact) mass is 263 g/mol. The average Bonchev–Trinajstić information content (AvgIpc) is 2.65. The maximum absolute atomic E-state index is 9.51. The minimum Gasteiger partial charge on any atom is -0.508 e. The molecule has 1 aliphatic carbocycles. The van der Waals surface area contributed by atoms with E-state index in [1.807, 2.05) is 0 Å². The highest BCUT2D eigenvalue weighted by molar-refractivity contribution is 5.38. The lowest BCUT2D eigenvalue weighted by atomic mass is 10.0. The lowest BCUT2D eigenvalue weighted by molar-refractivity contribution is 0.443. The molecule has 3 N–H and O–H groups in total. The maximum atomic E-state index is 9.51. The Morgan fingerprint density at radius 2 is 1.53 bits per heavy atom. The normalized spacial score (nSPS) is 22.2. The van der Waals surface area contributed by atoms with Crippen LogP contribution in [0.3, 0.4) is 0 Å². The van der Waals surface area contributed by atoms with Gasteiger partial charge in [-0.25, -0.2) is 0 Å². The fourth-order valence-electron chi connectivity index (χ4n) is 3.12. The van der Waals surface area contributed by atoms with E-state index in [1.54, 1.807) is 12.1 Å². The summed E-state index contributed by atoms with van der Waals surface area (Å²) in [6.07, 6.45) is 0. The van der Waals surface area contributed by atoms with Crippen LogP contribution in [0.25, 0.3) is 0 Å².